The molecule has 2 aromatic rings. The Balaban J connectivity index is 2.72. The molecule has 0 aliphatic rings. The number of ether oxygens (including phenoxy) is 2. The highest BCUT2D eigenvalue weighted by molar-refractivity contribution is 5.84. The highest BCUT2D eigenvalue weighted by Crippen LogP contribution is 2.26. The maximum atomic E-state index is 5.72. The van der Waals surface area contributed by atoms with Crippen molar-refractivity contribution in [3.05, 3.63) is 24.3 Å². The quantitative estimate of drug-likeness (QED) is 0.802. The van der Waals surface area contributed by atoms with Crippen LogP contribution in [0.5, 0.6) is 11.5 Å². The normalized spacial score (nSPS) is 10.3. The second-order valence-corrected chi connectivity index (χ2v) is 3.20. The van der Waals surface area contributed by atoms with Crippen LogP contribution in [-0.4, -0.2) is 14.2 Å². The number of rotatable bonds is 2. The van der Waals surface area contributed by atoms with Gasteiger partial charge in [-0.3, -0.25) is 5.73 Å². The lowest BCUT2D eigenvalue weighted by atomic mass is 10.2. The summed E-state index contributed by atoms with van der Waals surface area (Å²) < 4.78 is 10.4. The Bertz CT molecular complexity index is 497. The summed E-state index contributed by atoms with van der Waals surface area (Å²) in [4.78, 5) is 3.06. The Hall–Kier alpha value is -1.97. The molecule has 15 heavy (non-hydrogen) atoms. The first-order chi connectivity index (χ1) is 7.24. The first-order valence-corrected chi connectivity index (χ1v) is 4.58. The molecule has 0 amide bonds. The summed E-state index contributed by atoms with van der Waals surface area (Å²) in [5, 5.41) is 0.979. The van der Waals surface area contributed by atoms with Gasteiger partial charge in [-0.1, -0.05) is 0 Å². The Morgan fingerprint density at radius 3 is 2.60 bits per heavy atom. The summed E-state index contributed by atoms with van der Waals surface area (Å²) >= 11 is 0. The predicted octanol–water partition coefficient (Wildman–Crippen LogP) is 1.25. The molecule has 2 rings (SSSR count). The SMILES string of the molecule is COc1ccc2c(OC)cc(N)[nH+]c2c1. The van der Waals surface area contributed by atoms with Crippen LogP contribution in [-0.2, 0) is 0 Å². The lowest BCUT2D eigenvalue weighted by Gasteiger charge is -2.05. The molecule has 1 aromatic carbocycles. The molecule has 0 saturated carbocycles. The number of nitrogen functional groups attached to an aromatic ring is 1. The van der Waals surface area contributed by atoms with E-state index in [1.54, 1.807) is 20.3 Å². The van der Waals surface area contributed by atoms with Crippen molar-refractivity contribution < 1.29 is 14.5 Å². The van der Waals surface area contributed by atoms with Crippen molar-refractivity contribution in [2.24, 2.45) is 0 Å². The van der Waals surface area contributed by atoms with Crippen molar-refractivity contribution in [1.82, 2.24) is 0 Å². The van der Waals surface area contributed by atoms with Crippen molar-refractivity contribution in [2.45, 2.75) is 0 Å². The van der Waals surface area contributed by atoms with Gasteiger partial charge in [0.2, 0.25) is 0 Å². The molecule has 0 radical (unpaired) electrons. The number of methoxy groups -OCH3 is 2. The van der Waals surface area contributed by atoms with Crippen LogP contribution in [0.3, 0.4) is 0 Å². The molecule has 0 atom stereocenters. The van der Waals surface area contributed by atoms with Gasteiger partial charge in [-0.25, -0.2) is 4.98 Å². The number of nitrogens with two attached hydrogens (primary N) is 1. The first kappa shape index (κ1) is 9.58. The fourth-order valence-corrected chi connectivity index (χ4v) is 1.55. The smallest absolute Gasteiger partial charge is 0.274 e. The number of aromatic nitrogens is 1. The van der Waals surface area contributed by atoms with E-state index < -0.39 is 0 Å². The zero-order valence-corrected chi connectivity index (χ0v) is 8.70. The Kier molecular flexibility index (Phi) is 2.33. The second kappa shape index (κ2) is 3.65. The van der Waals surface area contributed by atoms with E-state index in [0.717, 1.165) is 22.4 Å². The number of hydrogen-bond acceptors (Lipinski definition) is 3. The van der Waals surface area contributed by atoms with Gasteiger partial charge in [-0.15, -0.1) is 0 Å². The van der Waals surface area contributed by atoms with Crippen LogP contribution in [0.25, 0.3) is 10.9 Å². The highest BCUT2D eigenvalue weighted by atomic mass is 16.5. The summed E-state index contributed by atoms with van der Waals surface area (Å²) in [6.07, 6.45) is 0. The molecular formula is C11H13N2O2+. The number of fused-ring (bicyclic) bond motifs is 1. The molecule has 1 heterocycles. The topological polar surface area (TPSA) is 58.6 Å². The van der Waals surface area contributed by atoms with Gasteiger partial charge in [-0.05, 0) is 12.1 Å². The van der Waals surface area contributed by atoms with E-state index in [4.69, 9.17) is 15.2 Å². The molecule has 0 saturated heterocycles. The van der Waals surface area contributed by atoms with E-state index >= 15 is 0 Å². The Morgan fingerprint density at radius 1 is 1.13 bits per heavy atom. The van der Waals surface area contributed by atoms with E-state index in [9.17, 15) is 0 Å². The van der Waals surface area contributed by atoms with Gasteiger partial charge in [0, 0.05) is 6.07 Å². The molecule has 0 unspecified atom stereocenters. The van der Waals surface area contributed by atoms with E-state index in [1.807, 2.05) is 18.2 Å². The van der Waals surface area contributed by atoms with Gasteiger partial charge in [0.05, 0.1) is 25.7 Å². The third kappa shape index (κ3) is 1.66. The Labute approximate surface area is 87.6 Å². The summed E-state index contributed by atoms with van der Waals surface area (Å²) in [6.45, 7) is 0. The predicted molar refractivity (Wildman–Crippen MR) is 58.0 cm³/mol. The average molecular weight is 205 g/mol. The molecule has 3 N–H and O–H groups in total. The molecule has 0 aliphatic carbocycles. The second-order valence-electron chi connectivity index (χ2n) is 3.20. The fourth-order valence-electron chi connectivity index (χ4n) is 1.55. The number of pyridine rings is 1. The monoisotopic (exact) mass is 205 g/mol. The van der Waals surface area contributed by atoms with Crippen LogP contribution in [0.1, 0.15) is 0 Å². The highest BCUT2D eigenvalue weighted by Gasteiger charge is 2.08. The standard InChI is InChI=1S/C11H12N2O2/c1-14-7-3-4-8-9(5-7)13-11(12)6-10(8)15-2/h3-6H,1-2H3,(H2,12,13)/p+1. The van der Waals surface area contributed by atoms with E-state index in [1.165, 1.54) is 0 Å². The Morgan fingerprint density at radius 2 is 1.93 bits per heavy atom. The molecule has 4 nitrogen and oxygen atoms in total. The van der Waals surface area contributed by atoms with Gasteiger partial charge < -0.3 is 9.47 Å². The van der Waals surface area contributed by atoms with Crippen LogP contribution in [0.4, 0.5) is 5.82 Å². The number of hydrogen-bond donors (Lipinski definition) is 1. The van der Waals surface area contributed by atoms with Crippen LogP contribution in [0.2, 0.25) is 0 Å². The third-order valence-electron chi connectivity index (χ3n) is 2.28. The molecule has 78 valence electrons. The molecule has 0 aliphatic heterocycles. The van der Waals surface area contributed by atoms with E-state index in [0.29, 0.717) is 5.82 Å². The van der Waals surface area contributed by atoms with E-state index in [2.05, 4.69) is 4.98 Å². The van der Waals surface area contributed by atoms with Crippen LogP contribution >= 0.6 is 0 Å². The number of aromatic amines is 1. The molecule has 1 aromatic heterocycles. The van der Waals surface area contributed by atoms with Crippen LogP contribution in [0.15, 0.2) is 24.3 Å². The number of H-pyrrole nitrogens is 1. The van der Waals surface area contributed by atoms with Gasteiger partial charge >= 0.3 is 0 Å². The maximum Gasteiger partial charge on any atom is 0.274 e. The summed E-state index contributed by atoms with van der Waals surface area (Å²) in [6, 6.07) is 7.46. The lowest BCUT2D eigenvalue weighted by molar-refractivity contribution is -0.326. The molecular weight excluding hydrogens is 192 g/mol. The maximum absolute atomic E-state index is 5.72. The number of anilines is 1. The fraction of sp³-hybridized carbons (Fsp3) is 0.182. The van der Waals surface area contributed by atoms with Crippen molar-refractivity contribution >= 4 is 16.7 Å². The van der Waals surface area contributed by atoms with Crippen molar-refractivity contribution in [1.29, 1.82) is 0 Å². The zero-order valence-electron chi connectivity index (χ0n) is 8.70. The zero-order chi connectivity index (χ0) is 10.8. The summed E-state index contributed by atoms with van der Waals surface area (Å²) in [7, 11) is 3.25. The van der Waals surface area contributed by atoms with Gasteiger partial charge in [0.25, 0.3) is 5.82 Å². The van der Waals surface area contributed by atoms with E-state index in [-0.39, 0.29) is 0 Å². The van der Waals surface area contributed by atoms with Crippen molar-refractivity contribution in [3.63, 3.8) is 0 Å². The minimum absolute atomic E-state index is 0.563. The molecule has 0 spiro atoms. The minimum Gasteiger partial charge on any atom is -0.497 e. The van der Waals surface area contributed by atoms with Crippen molar-refractivity contribution in [3.8, 4) is 11.5 Å². The molecule has 0 bridgehead atoms. The summed E-state index contributed by atoms with van der Waals surface area (Å²) in [5.41, 5.74) is 6.61. The summed E-state index contributed by atoms with van der Waals surface area (Å²) in [5.74, 6) is 2.10. The van der Waals surface area contributed by atoms with Gasteiger partial charge in [0.15, 0.2) is 0 Å². The molecule has 0 fully saturated rings. The van der Waals surface area contributed by atoms with Gasteiger partial charge in [-0.2, -0.15) is 0 Å². The third-order valence-corrected chi connectivity index (χ3v) is 2.28. The van der Waals surface area contributed by atoms with Crippen LogP contribution in [0, 0.1) is 0 Å². The number of nitrogens with one attached hydrogen (secondary N) is 1. The van der Waals surface area contributed by atoms with Gasteiger partial charge in [0.1, 0.15) is 17.0 Å². The lowest BCUT2D eigenvalue weighted by Crippen LogP contribution is -2.11. The first-order valence-electron chi connectivity index (χ1n) is 4.58. The van der Waals surface area contributed by atoms with Crippen LogP contribution < -0.4 is 20.2 Å². The molecule has 4 heteroatoms. The largest absolute Gasteiger partial charge is 0.497 e. The minimum atomic E-state index is 0.563. The van der Waals surface area contributed by atoms with Crippen molar-refractivity contribution in [2.75, 3.05) is 20.0 Å². The number of benzene rings is 1. The average Bonchev–Trinajstić information content (AvgIpc) is 2.26.